The maximum absolute atomic E-state index is 6.10. The van der Waals surface area contributed by atoms with Gasteiger partial charge in [0.1, 0.15) is 11.4 Å². The number of fused-ring (bicyclic) bond motifs is 1. The lowest BCUT2D eigenvalue weighted by atomic mass is 9.92. The minimum absolute atomic E-state index is 0.110. The first-order valence-corrected chi connectivity index (χ1v) is 5.40. The van der Waals surface area contributed by atoms with Gasteiger partial charge in [0.2, 0.25) is 0 Å². The number of rotatable bonds is 0. The Kier molecular flexibility index (Phi) is 2.00. The summed E-state index contributed by atoms with van der Waals surface area (Å²) in [4.78, 5) is 0. The molecule has 0 aliphatic carbocycles. The highest BCUT2D eigenvalue weighted by atomic mass is 16.5. The molecule has 15 heavy (non-hydrogen) atoms. The van der Waals surface area contributed by atoms with Crippen LogP contribution in [0.5, 0.6) is 5.75 Å². The van der Waals surface area contributed by atoms with Crippen LogP contribution in [-0.2, 0) is 6.42 Å². The van der Waals surface area contributed by atoms with Crippen molar-refractivity contribution in [2.75, 3.05) is 5.73 Å². The zero-order valence-corrected chi connectivity index (χ0v) is 10.2. The van der Waals surface area contributed by atoms with Crippen molar-refractivity contribution in [3.63, 3.8) is 0 Å². The van der Waals surface area contributed by atoms with Crippen LogP contribution in [0.3, 0.4) is 0 Å². The quantitative estimate of drug-likeness (QED) is 0.661. The number of hydrogen-bond donors (Lipinski definition) is 1. The number of nitrogen functional groups attached to an aromatic ring is 1. The number of anilines is 1. The van der Waals surface area contributed by atoms with Crippen molar-refractivity contribution < 1.29 is 4.74 Å². The van der Waals surface area contributed by atoms with Crippen LogP contribution in [0.1, 0.15) is 36.1 Å². The van der Waals surface area contributed by atoms with Crippen LogP contribution in [0.15, 0.2) is 0 Å². The SMILES string of the molecule is Cc1c(C)c(N)c2c(c1C)CC(C)(C)O2. The molecule has 0 amide bonds. The third kappa shape index (κ3) is 1.39. The van der Waals surface area contributed by atoms with E-state index in [4.69, 9.17) is 10.5 Å². The highest BCUT2D eigenvalue weighted by Crippen LogP contribution is 2.44. The third-order valence-electron chi connectivity index (χ3n) is 3.48. The molecule has 0 radical (unpaired) electrons. The van der Waals surface area contributed by atoms with Gasteiger partial charge in [-0.25, -0.2) is 0 Å². The second kappa shape index (κ2) is 2.91. The topological polar surface area (TPSA) is 35.2 Å². The smallest absolute Gasteiger partial charge is 0.146 e. The van der Waals surface area contributed by atoms with Crippen molar-refractivity contribution in [2.24, 2.45) is 0 Å². The molecule has 2 heteroatoms. The fourth-order valence-corrected chi connectivity index (χ4v) is 2.28. The highest BCUT2D eigenvalue weighted by molar-refractivity contribution is 5.68. The molecule has 2 N–H and O–H groups in total. The normalized spacial score (nSPS) is 17.4. The first-order chi connectivity index (χ1) is 6.83. The summed E-state index contributed by atoms with van der Waals surface area (Å²) in [7, 11) is 0. The largest absolute Gasteiger partial charge is 0.485 e. The molecular weight excluding hydrogens is 186 g/mol. The van der Waals surface area contributed by atoms with Gasteiger partial charge in [-0.15, -0.1) is 0 Å². The second-order valence-electron chi connectivity index (χ2n) is 5.13. The van der Waals surface area contributed by atoms with Crippen molar-refractivity contribution in [3.05, 3.63) is 22.3 Å². The number of ether oxygens (including phenoxy) is 1. The molecule has 0 spiro atoms. The Morgan fingerprint density at radius 3 is 2.27 bits per heavy atom. The van der Waals surface area contributed by atoms with Gasteiger partial charge in [-0.1, -0.05) is 0 Å². The van der Waals surface area contributed by atoms with E-state index in [9.17, 15) is 0 Å². The molecule has 2 rings (SSSR count). The van der Waals surface area contributed by atoms with Gasteiger partial charge in [0, 0.05) is 12.0 Å². The van der Waals surface area contributed by atoms with E-state index in [1.54, 1.807) is 0 Å². The van der Waals surface area contributed by atoms with E-state index in [0.29, 0.717) is 0 Å². The van der Waals surface area contributed by atoms with E-state index < -0.39 is 0 Å². The van der Waals surface area contributed by atoms with Crippen LogP contribution in [0.25, 0.3) is 0 Å². The molecule has 1 aromatic carbocycles. The Hall–Kier alpha value is -1.18. The minimum atomic E-state index is -0.110. The van der Waals surface area contributed by atoms with Crippen LogP contribution < -0.4 is 10.5 Å². The minimum Gasteiger partial charge on any atom is -0.485 e. The highest BCUT2D eigenvalue weighted by Gasteiger charge is 2.34. The Morgan fingerprint density at radius 2 is 1.67 bits per heavy atom. The first kappa shape index (κ1) is 10.3. The monoisotopic (exact) mass is 205 g/mol. The zero-order chi connectivity index (χ0) is 11.4. The maximum Gasteiger partial charge on any atom is 0.146 e. The molecular formula is C13H19NO. The van der Waals surface area contributed by atoms with Crippen LogP contribution in [0, 0.1) is 20.8 Å². The van der Waals surface area contributed by atoms with Gasteiger partial charge in [-0.05, 0) is 51.3 Å². The van der Waals surface area contributed by atoms with Crippen LogP contribution >= 0.6 is 0 Å². The van der Waals surface area contributed by atoms with Gasteiger partial charge < -0.3 is 10.5 Å². The van der Waals surface area contributed by atoms with Crippen molar-refractivity contribution in [1.29, 1.82) is 0 Å². The molecule has 0 unspecified atom stereocenters. The Labute approximate surface area is 91.4 Å². The summed E-state index contributed by atoms with van der Waals surface area (Å²) in [6.45, 7) is 10.6. The summed E-state index contributed by atoms with van der Waals surface area (Å²) >= 11 is 0. The van der Waals surface area contributed by atoms with Crippen molar-refractivity contribution in [3.8, 4) is 5.75 Å². The zero-order valence-electron chi connectivity index (χ0n) is 10.2. The second-order valence-corrected chi connectivity index (χ2v) is 5.13. The van der Waals surface area contributed by atoms with Gasteiger partial charge in [-0.2, -0.15) is 0 Å². The van der Waals surface area contributed by atoms with Gasteiger partial charge in [0.05, 0.1) is 5.69 Å². The van der Waals surface area contributed by atoms with E-state index in [2.05, 4.69) is 34.6 Å². The fraction of sp³-hybridized carbons (Fsp3) is 0.538. The fourth-order valence-electron chi connectivity index (χ4n) is 2.28. The van der Waals surface area contributed by atoms with E-state index in [-0.39, 0.29) is 5.60 Å². The Bertz CT molecular complexity index is 394. The summed E-state index contributed by atoms with van der Waals surface area (Å²) in [5.74, 6) is 0.917. The summed E-state index contributed by atoms with van der Waals surface area (Å²) in [5, 5.41) is 0. The average molecular weight is 205 g/mol. The molecule has 0 aromatic heterocycles. The van der Waals surface area contributed by atoms with E-state index >= 15 is 0 Å². The number of hydrogen-bond acceptors (Lipinski definition) is 2. The molecule has 82 valence electrons. The Balaban J connectivity index is 2.69. The standard InChI is InChI=1S/C13H19NO/c1-7-8(2)10-6-13(4,5)15-12(10)11(14)9(7)3/h6,14H2,1-5H3. The van der Waals surface area contributed by atoms with Crippen LogP contribution in [0.2, 0.25) is 0 Å². The molecule has 1 aliphatic heterocycles. The molecule has 0 bridgehead atoms. The third-order valence-corrected chi connectivity index (χ3v) is 3.48. The molecule has 0 saturated carbocycles. The van der Waals surface area contributed by atoms with Crippen molar-refractivity contribution in [2.45, 2.75) is 46.6 Å². The first-order valence-electron chi connectivity index (χ1n) is 5.40. The van der Waals surface area contributed by atoms with Gasteiger partial charge in [0.15, 0.2) is 0 Å². The van der Waals surface area contributed by atoms with Gasteiger partial charge in [0.25, 0.3) is 0 Å². The maximum atomic E-state index is 6.10. The Morgan fingerprint density at radius 1 is 1.07 bits per heavy atom. The predicted molar refractivity (Wildman–Crippen MR) is 63.5 cm³/mol. The lowest BCUT2D eigenvalue weighted by Crippen LogP contribution is -2.25. The summed E-state index contributed by atoms with van der Waals surface area (Å²) < 4.78 is 5.92. The van der Waals surface area contributed by atoms with E-state index in [1.165, 1.54) is 16.7 Å². The predicted octanol–water partition coefficient (Wildman–Crippen LogP) is 2.91. The molecule has 0 atom stereocenters. The van der Waals surface area contributed by atoms with Crippen molar-refractivity contribution >= 4 is 5.69 Å². The summed E-state index contributed by atoms with van der Waals surface area (Å²) in [6.07, 6.45) is 0.958. The molecule has 1 heterocycles. The van der Waals surface area contributed by atoms with Crippen LogP contribution in [-0.4, -0.2) is 5.60 Å². The number of nitrogens with two attached hydrogens (primary N) is 1. The van der Waals surface area contributed by atoms with Gasteiger partial charge >= 0.3 is 0 Å². The molecule has 2 nitrogen and oxygen atoms in total. The van der Waals surface area contributed by atoms with E-state index in [0.717, 1.165) is 23.4 Å². The molecule has 0 saturated heterocycles. The summed E-state index contributed by atoms with van der Waals surface area (Å²) in [6, 6.07) is 0. The van der Waals surface area contributed by atoms with Crippen LogP contribution in [0.4, 0.5) is 5.69 Å². The lowest BCUT2D eigenvalue weighted by Gasteiger charge is -2.18. The molecule has 1 aromatic rings. The summed E-state index contributed by atoms with van der Waals surface area (Å²) in [5.41, 5.74) is 11.9. The number of benzene rings is 1. The molecule has 1 aliphatic rings. The lowest BCUT2D eigenvalue weighted by molar-refractivity contribution is 0.139. The average Bonchev–Trinajstić information content (AvgIpc) is 2.48. The van der Waals surface area contributed by atoms with E-state index in [1.807, 2.05) is 0 Å². The molecule has 0 fully saturated rings. The van der Waals surface area contributed by atoms with Crippen molar-refractivity contribution in [1.82, 2.24) is 0 Å². The van der Waals surface area contributed by atoms with Gasteiger partial charge in [-0.3, -0.25) is 0 Å².